The van der Waals surface area contributed by atoms with Gasteiger partial charge in [-0.25, -0.2) is 0 Å². The van der Waals surface area contributed by atoms with Gasteiger partial charge in [0, 0.05) is 11.8 Å². The third-order valence-electron chi connectivity index (χ3n) is 8.18. The van der Waals surface area contributed by atoms with E-state index >= 15 is 0 Å². The van der Waals surface area contributed by atoms with Crippen LogP contribution in [0.5, 0.6) is 5.75 Å². The maximum Gasteiger partial charge on any atom is 0.119 e. The first kappa shape index (κ1) is 31.1. The smallest absolute Gasteiger partial charge is 0.119 e. The fourth-order valence-electron chi connectivity index (χ4n) is 6.19. The van der Waals surface area contributed by atoms with Crippen LogP contribution in [-0.4, -0.2) is 26.4 Å². The molecule has 2 aliphatic rings. The topological polar surface area (TPSA) is 27.7 Å². The Morgan fingerprint density at radius 1 is 0.581 bits per heavy atom. The van der Waals surface area contributed by atoms with Gasteiger partial charge >= 0.3 is 0 Å². The lowest BCUT2D eigenvalue weighted by molar-refractivity contribution is -0.00946. The van der Waals surface area contributed by atoms with Crippen LogP contribution in [0.4, 0.5) is 0 Å². The van der Waals surface area contributed by atoms with Gasteiger partial charge < -0.3 is 14.2 Å². The van der Waals surface area contributed by atoms with Crippen LogP contribution in [0.25, 0.3) is 11.1 Å². The molecule has 3 heteroatoms. The SMILES string of the molecule is CC(C)(C)COCC(C)(C)COC1=CC=C(C2(c3ccc(OCC(C)(C)C)cc3)c3ccccc3-c3ccccc32)CC1. The number of rotatable bonds is 10. The van der Waals surface area contributed by atoms with Crippen molar-refractivity contribution in [3.8, 4) is 16.9 Å². The Labute approximate surface area is 260 Å². The van der Waals surface area contributed by atoms with Crippen LogP contribution < -0.4 is 4.74 Å². The van der Waals surface area contributed by atoms with Gasteiger partial charge in [0.05, 0.1) is 37.6 Å². The normalized spacial score (nSPS) is 16.2. The maximum absolute atomic E-state index is 6.41. The van der Waals surface area contributed by atoms with E-state index in [4.69, 9.17) is 14.2 Å². The molecule has 0 aliphatic heterocycles. The zero-order chi connectivity index (χ0) is 30.9. The molecule has 0 bridgehead atoms. The predicted molar refractivity (Wildman–Crippen MR) is 179 cm³/mol. The molecule has 0 unspecified atom stereocenters. The monoisotopic (exact) mass is 578 g/mol. The molecule has 5 rings (SSSR count). The minimum atomic E-state index is -0.363. The quantitative estimate of drug-likeness (QED) is 0.240. The Bertz CT molecular complexity index is 1430. The molecule has 0 fully saturated rings. The minimum absolute atomic E-state index is 0.0581. The highest BCUT2D eigenvalue weighted by Crippen LogP contribution is 2.57. The zero-order valence-electron chi connectivity index (χ0n) is 27.6. The van der Waals surface area contributed by atoms with Crippen molar-refractivity contribution >= 4 is 0 Å². The Hall–Kier alpha value is -3.30. The summed E-state index contributed by atoms with van der Waals surface area (Å²) in [6.45, 7) is 20.4. The Morgan fingerprint density at radius 2 is 1.16 bits per heavy atom. The molecule has 0 amide bonds. The molecular formula is C40H50O3. The van der Waals surface area contributed by atoms with E-state index < -0.39 is 0 Å². The van der Waals surface area contributed by atoms with Crippen LogP contribution in [-0.2, 0) is 14.9 Å². The molecule has 2 aliphatic carbocycles. The molecule has 0 aromatic heterocycles. The molecule has 0 saturated carbocycles. The van der Waals surface area contributed by atoms with Crippen LogP contribution >= 0.6 is 0 Å². The summed E-state index contributed by atoms with van der Waals surface area (Å²) in [5.74, 6) is 1.96. The average molecular weight is 579 g/mol. The third kappa shape index (κ3) is 6.93. The van der Waals surface area contributed by atoms with Gasteiger partial charge in [0.1, 0.15) is 5.75 Å². The summed E-state index contributed by atoms with van der Waals surface area (Å²) >= 11 is 0. The van der Waals surface area contributed by atoms with Gasteiger partial charge in [-0.15, -0.1) is 0 Å². The fraction of sp³-hybridized carbons (Fsp3) is 0.450. The van der Waals surface area contributed by atoms with Gasteiger partial charge in [0.25, 0.3) is 0 Å². The number of hydrogen-bond donors (Lipinski definition) is 0. The second-order valence-corrected chi connectivity index (χ2v) is 15.5. The summed E-state index contributed by atoms with van der Waals surface area (Å²) in [4.78, 5) is 0. The number of ether oxygens (including phenoxy) is 3. The molecule has 3 aromatic rings. The predicted octanol–water partition coefficient (Wildman–Crippen LogP) is 10.1. The van der Waals surface area contributed by atoms with Crippen molar-refractivity contribution in [1.29, 1.82) is 0 Å². The van der Waals surface area contributed by atoms with E-state index in [2.05, 4.69) is 140 Å². The highest BCUT2D eigenvalue weighted by Gasteiger charge is 2.47. The summed E-state index contributed by atoms with van der Waals surface area (Å²) < 4.78 is 18.6. The maximum atomic E-state index is 6.41. The largest absolute Gasteiger partial charge is 0.497 e. The molecule has 0 radical (unpaired) electrons. The average Bonchev–Trinajstić information content (AvgIpc) is 3.26. The standard InChI is InChI=1S/C40H50O3/c1-37(2,3)25-41-27-39(7,8)28-43-32-23-19-30(20-24-32)40(29-17-21-31(22-18-29)42-26-38(4,5)6)35-15-11-9-13-33(35)34-14-10-12-16-36(34)40/h9-19,21-23H,20,24-28H2,1-8H3. The van der Waals surface area contributed by atoms with E-state index in [0.717, 1.165) is 31.0 Å². The lowest BCUT2D eigenvalue weighted by Crippen LogP contribution is -2.31. The highest BCUT2D eigenvalue weighted by atomic mass is 16.5. The second kappa shape index (κ2) is 12.0. The van der Waals surface area contributed by atoms with E-state index in [1.807, 2.05) is 0 Å². The van der Waals surface area contributed by atoms with Crippen LogP contribution in [0.1, 0.15) is 84.9 Å². The van der Waals surface area contributed by atoms with E-state index in [0.29, 0.717) is 19.8 Å². The second-order valence-electron chi connectivity index (χ2n) is 15.5. The molecule has 0 spiro atoms. The minimum Gasteiger partial charge on any atom is -0.497 e. The fourth-order valence-corrected chi connectivity index (χ4v) is 6.19. The van der Waals surface area contributed by atoms with Crippen molar-refractivity contribution in [2.45, 2.75) is 73.6 Å². The van der Waals surface area contributed by atoms with Crippen molar-refractivity contribution in [3.05, 3.63) is 113 Å². The van der Waals surface area contributed by atoms with Crippen molar-refractivity contribution in [2.24, 2.45) is 16.2 Å². The number of benzene rings is 3. The molecule has 0 atom stereocenters. The highest BCUT2D eigenvalue weighted by molar-refractivity contribution is 5.86. The van der Waals surface area contributed by atoms with Gasteiger partial charge in [-0.3, -0.25) is 0 Å². The number of allylic oxidation sites excluding steroid dienone is 4. The van der Waals surface area contributed by atoms with Gasteiger partial charge in [-0.2, -0.15) is 0 Å². The first-order valence-electron chi connectivity index (χ1n) is 15.8. The molecule has 3 nitrogen and oxygen atoms in total. The van der Waals surface area contributed by atoms with Crippen molar-refractivity contribution in [1.82, 2.24) is 0 Å². The van der Waals surface area contributed by atoms with E-state index in [9.17, 15) is 0 Å². The van der Waals surface area contributed by atoms with E-state index in [1.165, 1.54) is 33.4 Å². The summed E-state index contributed by atoms with van der Waals surface area (Å²) in [5, 5.41) is 0. The zero-order valence-corrected chi connectivity index (χ0v) is 27.6. The van der Waals surface area contributed by atoms with E-state index in [1.54, 1.807) is 0 Å². The van der Waals surface area contributed by atoms with Gasteiger partial charge in [-0.05, 0) is 63.3 Å². The Morgan fingerprint density at radius 3 is 1.70 bits per heavy atom. The first-order chi connectivity index (χ1) is 20.3. The number of fused-ring (bicyclic) bond motifs is 3. The molecule has 43 heavy (non-hydrogen) atoms. The lowest BCUT2D eigenvalue weighted by atomic mass is 9.65. The molecule has 0 N–H and O–H groups in total. The molecular weight excluding hydrogens is 528 g/mol. The molecule has 3 aromatic carbocycles. The van der Waals surface area contributed by atoms with Crippen LogP contribution in [0.3, 0.4) is 0 Å². The van der Waals surface area contributed by atoms with Crippen molar-refractivity contribution in [2.75, 3.05) is 26.4 Å². The Balaban J connectivity index is 1.47. The van der Waals surface area contributed by atoms with E-state index in [-0.39, 0.29) is 21.7 Å². The summed E-state index contributed by atoms with van der Waals surface area (Å²) in [6.07, 6.45) is 6.34. The Kier molecular flexibility index (Phi) is 8.69. The van der Waals surface area contributed by atoms with Gasteiger partial charge in [0.2, 0.25) is 0 Å². The molecule has 228 valence electrons. The van der Waals surface area contributed by atoms with Crippen LogP contribution in [0.2, 0.25) is 0 Å². The van der Waals surface area contributed by atoms with Gasteiger partial charge in [0.15, 0.2) is 0 Å². The van der Waals surface area contributed by atoms with Crippen molar-refractivity contribution < 1.29 is 14.2 Å². The lowest BCUT2D eigenvalue weighted by Gasteiger charge is -2.37. The molecule has 0 heterocycles. The third-order valence-corrected chi connectivity index (χ3v) is 8.18. The first-order valence-corrected chi connectivity index (χ1v) is 15.8. The summed E-state index contributed by atoms with van der Waals surface area (Å²) in [5.41, 5.74) is 7.85. The summed E-state index contributed by atoms with van der Waals surface area (Å²) in [6, 6.07) is 26.7. The summed E-state index contributed by atoms with van der Waals surface area (Å²) in [7, 11) is 0. The molecule has 0 saturated heterocycles. The van der Waals surface area contributed by atoms with Gasteiger partial charge in [-0.1, -0.05) is 128 Å². The van der Waals surface area contributed by atoms with Crippen LogP contribution in [0.15, 0.2) is 96.3 Å². The number of hydrogen-bond acceptors (Lipinski definition) is 3. The van der Waals surface area contributed by atoms with Crippen molar-refractivity contribution in [3.63, 3.8) is 0 Å². The van der Waals surface area contributed by atoms with Crippen LogP contribution in [0, 0.1) is 16.2 Å².